The minimum atomic E-state index is -0.729. The molecule has 0 spiro atoms. The van der Waals surface area contributed by atoms with Crippen LogP contribution in [0.25, 0.3) is 22.2 Å². The smallest absolute Gasteiger partial charge is 0.338 e. The SMILES string of the molecule is COC(=O)c1cc(-c2cccn2OC(=O)C(C)(C)C)c2oc(N3CCOCC3)cc(=O)c2c1. The number of methoxy groups -OCH3 is 1. The Morgan fingerprint density at radius 2 is 1.82 bits per heavy atom. The summed E-state index contributed by atoms with van der Waals surface area (Å²) in [6, 6.07) is 7.85. The maximum Gasteiger partial charge on any atom is 0.338 e. The average molecular weight is 454 g/mol. The van der Waals surface area contributed by atoms with Crippen LogP contribution < -0.4 is 15.2 Å². The Bertz CT molecular complexity index is 1260. The second-order valence-corrected chi connectivity index (χ2v) is 8.79. The zero-order chi connectivity index (χ0) is 23.8. The molecule has 0 amide bonds. The molecule has 9 heteroatoms. The lowest BCUT2D eigenvalue weighted by atomic mass is 9.98. The monoisotopic (exact) mass is 454 g/mol. The van der Waals surface area contributed by atoms with Crippen LogP contribution in [-0.4, -0.2) is 50.1 Å². The van der Waals surface area contributed by atoms with Gasteiger partial charge in [0.1, 0.15) is 5.58 Å². The molecule has 3 heterocycles. The van der Waals surface area contributed by atoms with Gasteiger partial charge < -0.3 is 23.6 Å². The molecule has 1 aliphatic rings. The van der Waals surface area contributed by atoms with Crippen LogP contribution in [0.5, 0.6) is 0 Å². The highest BCUT2D eigenvalue weighted by atomic mass is 16.7. The molecule has 0 atom stereocenters. The number of rotatable bonds is 4. The minimum absolute atomic E-state index is 0.182. The fourth-order valence-corrected chi connectivity index (χ4v) is 3.49. The maximum absolute atomic E-state index is 13.1. The number of hydrogen-bond donors (Lipinski definition) is 0. The van der Waals surface area contributed by atoms with Crippen molar-refractivity contribution in [2.45, 2.75) is 20.8 Å². The van der Waals surface area contributed by atoms with Gasteiger partial charge in [-0.3, -0.25) is 4.79 Å². The van der Waals surface area contributed by atoms with Crippen LogP contribution in [-0.2, 0) is 14.3 Å². The van der Waals surface area contributed by atoms with Gasteiger partial charge in [0.15, 0.2) is 11.3 Å². The third kappa shape index (κ3) is 4.49. The average Bonchev–Trinajstić information content (AvgIpc) is 3.25. The Kier molecular flexibility index (Phi) is 5.99. The van der Waals surface area contributed by atoms with E-state index < -0.39 is 17.4 Å². The van der Waals surface area contributed by atoms with Crippen molar-refractivity contribution < 1.29 is 28.3 Å². The topological polar surface area (TPSA) is 100 Å². The van der Waals surface area contributed by atoms with Gasteiger partial charge in [-0.05, 0) is 45.0 Å². The predicted octanol–water partition coefficient (Wildman–Crippen LogP) is 2.89. The molecule has 3 aromatic rings. The zero-order valence-electron chi connectivity index (χ0n) is 19.0. The van der Waals surface area contributed by atoms with Gasteiger partial charge in [0, 0.05) is 30.9 Å². The highest BCUT2D eigenvalue weighted by molar-refractivity contribution is 6.00. The number of nitrogens with zero attached hydrogens (tertiary/aromatic N) is 2. The summed E-state index contributed by atoms with van der Waals surface area (Å²) < 4.78 is 17.8. The van der Waals surface area contributed by atoms with Crippen LogP contribution in [0.15, 0.2) is 45.7 Å². The van der Waals surface area contributed by atoms with E-state index in [0.717, 1.165) is 0 Å². The van der Waals surface area contributed by atoms with E-state index in [1.807, 2.05) is 4.90 Å². The van der Waals surface area contributed by atoms with Gasteiger partial charge >= 0.3 is 11.9 Å². The van der Waals surface area contributed by atoms with Crippen molar-refractivity contribution in [3.05, 3.63) is 52.3 Å². The molecule has 9 nitrogen and oxygen atoms in total. The molecular formula is C24H26N2O7. The number of hydrogen-bond acceptors (Lipinski definition) is 8. The van der Waals surface area contributed by atoms with Crippen molar-refractivity contribution in [1.82, 2.24) is 4.73 Å². The summed E-state index contributed by atoms with van der Waals surface area (Å²) in [5.41, 5.74) is 0.310. The second kappa shape index (κ2) is 8.74. The molecule has 1 aromatic carbocycles. The number of esters is 1. The number of morpholine rings is 1. The third-order valence-electron chi connectivity index (χ3n) is 5.34. The lowest BCUT2D eigenvalue weighted by molar-refractivity contribution is -0.153. The van der Waals surface area contributed by atoms with Crippen molar-refractivity contribution in [3.63, 3.8) is 0 Å². The van der Waals surface area contributed by atoms with E-state index in [2.05, 4.69) is 0 Å². The fourth-order valence-electron chi connectivity index (χ4n) is 3.49. The number of ether oxygens (including phenoxy) is 2. The van der Waals surface area contributed by atoms with Gasteiger partial charge in [-0.25, -0.2) is 9.59 Å². The first kappa shape index (κ1) is 22.6. The first-order valence-corrected chi connectivity index (χ1v) is 10.6. The molecule has 1 aliphatic heterocycles. The molecule has 0 bridgehead atoms. The summed E-state index contributed by atoms with van der Waals surface area (Å²) in [6.45, 7) is 7.48. The largest absolute Gasteiger partial charge is 0.465 e. The Hall–Kier alpha value is -3.59. The van der Waals surface area contributed by atoms with E-state index in [4.69, 9.17) is 18.7 Å². The summed E-state index contributed by atoms with van der Waals surface area (Å²) in [6.07, 6.45) is 1.58. The van der Waals surface area contributed by atoms with Crippen molar-refractivity contribution in [2.24, 2.45) is 5.41 Å². The van der Waals surface area contributed by atoms with E-state index >= 15 is 0 Å². The quantitative estimate of drug-likeness (QED) is 0.555. The number of fused-ring (bicyclic) bond motifs is 1. The molecule has 174 valence electrons. The minimum Gasteiger partial charge on any atom is -0.465 e. The van der Waals surface area contributed by atoms with Gasteiger partial charge in [0.05, 0.1) is 42.4 Å². The number of carbonyl (C=O) groups is 2. The van der Waals surface area contributed by atoms with Gasteiger partial charge in [-0.1, -0.05) is 0 Å². The number of carbonyl (C=O) groups excluding carboxylic acids is 2. The number of aromatic nitrogens is 1. The van der Waals surface area contributed by atoms with Crippen LogP contribution in [0.2, 0.25) is 0 Å². The summed E-state index contributed by atoms with van der Waals surface area (Å²) in [5.74, 6) is -0.629. The Morgan fingerprint density at radius 1 is 1.09 bits per heavy atom. The van der Waals surface area contributed by atoms with Crippen LogP contribution in [0.3, 0.4) is 0 Å². The predicted molar refractivity (Wildman–Crippen MR) is 121 cm³/mol. The van der Waals surface area contributed by atoms with Gasteiger partial charge in [-0.2, -0.15) is 4.73 Å². The summed E-state index contributed by atoms with van der Waals surface area (Å²) in [7, 11) is 1.27. The zero-order valence-corrected chi connectivity index (χ0v) is 19.0. The van der Waals surface area contributed by atoms with Crippen LogP contribution in [0, 0.1) is 5.41 Å². The van der Waals surface area contributed by atoms with Crippen LogP contribution in [0.4, 0.5) is 5.88 Å². The van der Waals surface area contributed by atoms with Gasteiger partial charge in [0.25, 0.3) is 0 Å². The van der Waals surface area contributed by atoms with Crippen LogP contribution >= 0.6 is 0 Å². The molecule has 4 rings (SSSR count). The van der Waals surface area contributed by atoms with Gasteiger partial charge in [-0.15, -0.1) is 0 Å². The standard InChI is InChI=1S/C24H26N2O7/c1-24(2,3)23(29)33-26-7-5-6-18(26)16-12-15(22(28)30-4)13-17-19(27)14-20(32-21(16)17)25-8-10-31-11-9-25/h5-7,12-14H,8-11H2,1-4H3. The van der Waals surface area contributed by atoms with Gasteiger partial charge in [0.2, 0.25) is 0 Å². The summed E-state index contributed by atoms with van der Waals surface area (Å²) in [5, 5.41) is 0.222. The molecule has 1 saturated heterocycles. The highest BCUT2D eigenvalue weighted by Crippen LogP contribution is 2.32. The van der Waals surface area contributed by atoms with Crippen molar-refractivity contribution >= 4 is 28.8 Å². The normalized spacial score (nSPS) is 14.4. The molecule has 0 N–H and O–H groups in total. The Labute approximate surface area is 190 Å². The van der Waals surface area contributed by atoms with E-state index in [0.29, 0.717) is 43.4 Å². The lowest BCUT2D eigenvalue weighted by Crippen LogP contribution is -2.36. The molecule has 33 heavy (non-hydrogen) atoms. The van der Waals surface area contributed by atoms with E-state index in [1.54, 1.807) is 45.2 Å². The second-order valence-electron chi connectivity index (χ2n) is 8.79. The molecule has 0 unspecified atom stereocenters. The first-order chi connectivity index (χ1) is 15.7. The highest BCUT2D eigenvalue weighted by Gasteiger charge is 2.26. The Morgan fingerprint density at radius 3 is 2.48 bits per heavy atom. The van der Waals surface area contributed by atoms with E-state index in [1.165, 1.54) is 24.0 Å². The number of anilines is 1. The van der Waals surface area contributed by atoms with Crippen molar-refractivity contribution in [3.8, 4) is 11.3 Å². The molecule has 0 saturated carbocycles. The summed E-state index contributed by atoms with van der Waals surface area (Å²) >= 11 is 0. The summed E-state index contributed by atoms with van der Waals surface area (Å²) in [4.78, 5) is 45.4. The molecule has 0 aliphatic carbocycles. The van der Waals surface area contributed by atoms with Crippen LogP contribution in [0.1, 0.15) is 31.1 Å². The maximum atomic E-state index is 13.1. The van der Waals surface area contributed by atoms with Crippen molar-refractivity contribution in [1.29, 1.82) is 0 Å². The third-order valence-corrected chi connectivity index (χ3v) is 5.34. The Balaban J connectivity index is 1.92. The number of benzene rings is 1. The first-order valence-electron chi connectivity index (χ1n) is 10.6. The van der Waals surface area contributed by atoms with Crippen molar-refractivity contribution in [2.75, 3.05) is 38.3 Å². The molecule has 1 fully saturated rings. The lowest BCUT2D eigenvalue weighted by Gasteiger charge is -2.27. The van der Waals surface area contributed by atoms with E-state index in [9.17, 15) is 14.4 Å². The molecule has 0 radical (unpaired) electrons. The fraction of sp³-hybridized carbons (Fsp3) is 0.375. The molecular weight excluding hydrogens is 428 g/mol. The molecule has 2 aromatic heterocycles. The van der Waals surface area contributed by atoms with E-state index in [-0.39, 0.29) is 22.0 Å².